The van der Waals surface area contributed by atoms with Crippen molar-refractivity contribution in [3.8, 4) is 5.69 Å². The average molecular weight is 313 g/mol. The average Bonchev–Trinajstić information content (AvgIpc) is 3.22. The van der Waals surface area contributed by atoms with E-state index in [0.29, 0.717) is 23.2 Å². The van der Waals surface area contributed by atoms with E-state index >= 15 is 0 Å². The Hall–Kier alpha value is -2.57. The van der Waals surface area contributed by atoms with Crippen LogP contribution >= 0.6 is 0 Å². The summed E-state index contributed by atoms with van der Waals surface area (Å²) in [5, 5.41) is 9.01. The van der Waals surface area contributed by atoms with Crippen LogP contribution in [0.3, 0.4) is 0 Å². The lowest BCUT2D eigenvalue weighted by Crippen LogP contribution is -2.33. The number of likely N-dealkylation sites (tertiary alicyclic amines) is 1. The number of hydrogen-bond donors (Lipinski definition) is 2. The normalized spacial score (nSPS) is 23.0. The molecule has 23 heavy (non-hydrogen) atoms. The molecule has 0 unspecified atom stereocenters. The number of nitrogens with zero attached hydrogens (tertiary/aromatic N) is 3. The molecule has 2 aliphatic rings. The summed E-state index contributed by atoms with van der Waals surface area (Å²) in [7, 11) is 0. The smallest absolute Gasteiger partial charge is 0.324 e. The van der Waals surface area contributed by atoms with Crippen LogP contribution in [-0.2, 0) is 0 Å². The number of anilines is 1. The standard InChI is InChI=1S/C16H19N5O2/c22-15(20-8-11-3-1-4-12(11)9-20)18-13-5-2-6-14(7-13)21-10-17-19-16(21)23/h2,5-7,10-12H,1,3-4,8-9H2,(H,18,22)(H,19,23)/t11-,12-/m1/s1. The van der Waals surface area contributed by atoms with Crippen LogP contribution in [-0.4, -0.2) is 38.8 Å². The minimum atomic E-state index is -0.305. The zero-order valence-electron chi connectivity index (χ0n) is 12.7. The molecule has 2 aromatic rings. The highest BCUT2D eigenvalue weighted by molar-refractivity contribution is 5.89. The number of aromatic nitrogens is 3. The summed E-state index contributed by atoms with van der Waals surface area (Å²) in [4.78, 5) is 26.0. The van der Waals surface area contributed by atoms with E-state index in [0.717, 1.165) is 13.1 Å². The molecule has 1 aromatic heterocycles. The lowest BCUT2D eigenvalue weighted by molar-refractivity contribution is 0.219. The zero-order valence-corrected chi connectivity index (χ0v) is 12.7. The number of aromatic amines is 1. The predicted octanol–water partition coefficient (Wildman–Crippen LogP) is 1.82. The highest BCUT2D eigenvalue weighted by atomic mass is 16.2. The van der Waals surface area contributed by atoms with Gasteiger partial charge < -0.3 is 10.2 Å². The summed E-state index contributed by atoms with van der Waals surface area (Å²) in [6.07, 6.45) is 5.21. The Morgan fingerprint density at radius 1 is 1.26 bits per heavy atom. The molecule has 1 aliphatic carbocycles. The fourth-order valence-corrected chi connectivity index (χ4v) is 3.77. The van der Waals surface area contributed by atoms with Gasteiger partial charge in [-0.1, -0.05) is 12.5 Å². The molecule has 0 spiro atoms. The van der Waals surface area contributed by atoms with Gasteiger partial charge >= 0.3 is 11.7 Å². The maximum Gasteiger partial charge on any atom is 0.347 e. The highest BCUT2D eigenvalue weighted by Gasteiger charge is 2.37. The van der Waals surface area contributed by atoms with Crippen LogP contribution in [0.5, 0.6) is 0 Å². The highest BCUT2D eigenvalue weighted by Crippen LogP contribution is 2.37. The molecule has 1 aromatic carbocycles. The minimum absolute atomic E-state index is 0.0592. The number of amides is 2. The van der Waals surface area contributed by atoms with Gasteiger partial charge in [0.25, 0.3) is 0 Å². The third kappa shape index (κ3) is 2.62. The van der Waals surface area contributed by atoms with Gasteiger partial charge in [0.05, 0.1) is 5.69 Å². The van der Waals surface area contributed by atoms with E-state index in [9.17, 15) is 9.59 Å². The van der Waals surface area contributed by atoms with Crippen molar-refractivity contribution >= 4 is 11.7 Å². The quantitative estimate of drug-likeness (QED) is 0.887. The predicted molar refractivity (Wildman–Crippen MR) is 85.6 cm³/mol. The summed E-state index contributed by atoms with van der Waals surface area (Å²) in [5.74, 6) is 1.35. The first kappa shape index (κ1) is 14.0. The van der Waals surface area contributed by atoms with Crippen LogP contribution in [0.4, 0.5) is 10.5 Å². The molecule has 1 aliphatic heterocycles. The lowest BCUT2D eigenvalue weighted by Gasteiger charge is -2.18. The molecular formula is C16H19N5O2. The first-order valence-corrected chi connectivity index (χ1v) is 7.99. The second kappa shape index (κ2) is 5.57. The van der Waals surface area contributed by atoms with Gasteiger partial charge in [0, 0.05) is 18.8 Å². The number of hydrogen-bond acceptors (Lipinski definition) is 3. The van der Waals surface area contributed by atoms with E-state index in [1.54, 1.807) is 12.1 Å². The molecule has 2 atom stereocenters. The van der Waals surface area contributed by atoms with E-state index in [4.69, 9.17) is 0 Å². The summed E-state index contributed by atoms with van der Waals surface area (Å²) < 4.78 is 1.40. The van der Waals surface area contributed by atoms with Crippen molar-refractivity contribution in [2.45, 2.75) is 19.3 Å². The number of nitrogens with one attached hydrogen (secondary N) is 2. The van der Waals surface area contributed by atoms with Crippen molar-refractivity contribution in [3.63, 3.8) is 0 Å². The molecule has 2 fully saturated rings. The van der Waals surface area contributed by atoms with Crippen molar-refractivity contribution < 1.29 is 4.79 Å². The van der Waals surface area contributed by atoms with Crippen molar-refractivity contribution in [1.82, 2.24) is 19.7 Å². The fraction of sp³-hybridized carbons (Fsp3) is 0.438. The molecular weight excluding hydrogens is 294 g/mol. The van der Waals surface area contributed by atoms with Gasteiger partial charge in [0.1, 0.15) is 6.33 Å². The summed E-state index contributed by atoms with van der Waals surface area (Å²) >= 11 is 0. The van der Waals surface area contributed by atoms with Crippen LogP contribution in [0.15, 0.2) is 35.4 Å². The second-order valence-corrected chi connectivity index (χ2v) is 6.37. The number of urea groups is 1. The lowest BCUT2D eigenvalue weighted by atomic mass is 10.0. The van der Waals surface area contributed by atoms with Gasteiger partial charge in [-0.2, -0.15) is 5.10 Å². The number of rotatable bonds is 2. The van der Waals surface area contributed by atoms with Crippen LogP contribution in [0.1, 0.15) is 19.3 Å². The van der Waals surface area contributed by atoms with Crippen LogP contribution < -0.4 is 11.0 Å². The number of carbonyl (C=O) groups is 1. The summed E-state index contributed by atoms with van der Waals surface area (Å²) in [6.45, 7) is 1.72. The van der Waals surface area contributed by atoms with E-state index in [1.807, 2.05) is 17.0 Å². The van der Waals surface area contributed by atoms with Gasteiger partial charge in [-0.05, 0) is 42.9 Å². The Bertz CT molecular complexity index is 769. The third-order valence-corrected chi connectivity index (χ3v) is 4.94. The molecule has 7 nitrogen and oxygen atoms in total. The largest absolute Gasteiger partial charge is 0.347 e. The molecule has 2 amide bonds. The molecule has 0 bridgehead atoms. The van der Waals surface area contributed by atoms with Gasteiger partial charge in [-0.15, -0.1) is 0 Å². The van der Waals surface area contributed by atoms with Crippen LogP contribution in [0, 0.1) is 11.8 Å². The SMILES string of the molecule is O=C(Nc1cccc(-n2cn[nH]c2=O)c1)N1C[C@H]2CCC[C@@H]2C1. The Balaban J connectivity index is 1.48. The molecule has 120 valence electrons. The summed E-state index contributed by atoms with van der Waals surface area (Å²) in [5.41, 5.74) is 1.04. The van der Waals surface area contributed by atoms with Crippen LogP contribution in [0.2, 0.25) is 0 Å². The number of fused-ring (bicyclic) bond motifs is 1. The maximum absolute atomic E-state index is 12.4. The van der Waals surface area contributed by atoms with E-state index < -0.39 is 0 Å². The third-order valence-electron chi connectivity index (χ3n) is 4.94. The van der Waals surface area contributed by atoms with Gasteiger partial charge in [0.15, 0.2) is 0 Å². The van der Waals surface area contributed by atoms with Crippen molar-refractivity contribution in [2.24, 2.45) is 11.8 Å². The number of H-pyrrole nitrogens is 1. The van der Waals surface area contributed by atoms with E-state index in [2.05, 4.69) is 15.5 Å². The Morgan fingerprint density at radius 3 is 2.74 bits per heavy atom. The molecule has 1 saturated carbocycles. The van der Waals surface area contributed by atoms with Gasteiger partial charge in [-0.3, -0.25) is 0 Å². The minimum Gasteiger partial charge on any atom is -0.324 e. The molecule has 0 radical (unpaired) electrons. The van der Waals surface area contributed by atoms with Gasteiger partial charge in [0.2, 0.25) is 0 Å². The molecule has 4 rings (SSSR count). The van der Waals surface area contributed by atoms with Crippen molar-refractivity contribution in [2.75, 3.05) is 18.4 Å². The Labute approximate surface area is 133 Å². The first-order valence-electron chi connectivity index (χ1n) is 7.99. The molecule has 1 saturated heterocycles. The number of carbonyl (C=O) groups excluding carboxylic acids is 1. The molecule has 2 heterocycles. The van der Waals surface area contributed by atoms with E-state index in [1.165, 1.54) is 30.2 Å². The Kier molecular flexibility index (Phi) is 3.40. The second-order valence-electron chi connectivity index (χ2n) is 6.37. The van der Waals surface area contributed by atoms with E-state index in [-0.39, 0.29) is 11.7 Å². The molecule has 2 N–H and O–H groups in total. The first-order chi connectivity index (χ1) is 11.2. The molecule has 7 heteroatoms. The van der Waals surface area contributed by atoms with Crippen molar-refractivity contribution in [3.05, 3.63) is 41.1 Å². The monoisotopic (exact) mass is 313 g/mol. The number of benzene rings is 1. The zero-order chi connectivity index (χ0) is 15.8. The Morgan fingerprint density at radius 2 is 2.04 bits per heavy atom. The maximum atomic E-state index is 12.4. The fourth-order valence-electron chi connectivity index (χ4n) is 3.77. The van der Waals surface area contributed by atoms with Gasteiger partial charge in [-0.25, -0.2) is 19.3 Å². The topological polar surface area (TPSA) is 83.0 Å². The van der Waals surface area contributed by atoms with Crippen LogP contribution in [0.25, 0.3) is 5.69 Å². The van der Waals surface area contributed by atoms with Crippen molar-refractivity contribution in [1.29, 1.82) is 0 Å². The summed E-state index contributed by atoms with van der Waals surface area (Å²) in [6, 6.07) is 7.14.